The zero-order chi connectivity index (χ0) is 10.6. The molecule has 0 unspecified atom stereocenters. The van der Waals surface area contributed by atoms with Gasteiger partial charge in [-0.15, -0.1) is 11.3 Å². The van der Waals surface area contributed by atoms with Crippen LogP contribution in [0.3, 0.4) is 0 Å². The van der Waals surface area contributed by atoms with Crippen molar-refractivity contribution in [3.63, 3.8) is 0 Å². The van der Waals surface area contributed by atoms with Gasteiger partial charge in [-0.3, -0.25) is 0 Å². The maximum Gasteiger partial charge on any atom is 0.401 e. The number of hydrogen-bond donors (Lipinski definition) is 1. The Morgan fingerprint density at radius 2 is 2.14 bits per heavy atom. The molecular weight excluding hydrogens is 211 g/mol. The average molecular weight is 223 g/mol. The highest BCUT2D eigenvalue weighted by molar-refractivity contribution is 7.10. The SMILES string of the molecule is CCc1cc(CNCC(F)(F)F)cs1. The van der Waals surface area contributed by atoms with E-state index in [2.05, 4.69) is 5.32 Å². The summed E-state index contributed by atoms with van der Waals surface area (Å²) in [7, 11) is 0. The number of aryl methyl sites for hydroxylation is 1. The van der Waals surface area contributed by atoms with E-state index in [0.29, 0.717) is 0 Å². The minimum Gasteiger partial charge on any atom is -0.305 e. The van der Waals surface area contributed by atoms with Crippen molar-refractivity contribution < 1.29 is 13.2 Å². The second-order valence-corrected chi connectivity index (χ2v) is 3.99. The molecule has 1 aromatic heterocycles. The lowest BCUT2D eigenvalue weighted by atomic mass is 10.3. The summed E-state index contributed by atoms with van der Waals surface area (Å²) < 4.78 is 35.3. The van der Waals surface area contributed by atoms with Gasteiger partial charge in [-0.1, -0.05) is 6.92 Å². The molecule has 0 aliphatic rings. The number of alkyl halides is 3. The fourth-order valence-corrected chi connectivity index (χ4v) is 1.89. The van der Waals surface area contributed by atoms with Crippen LogP contribution in [0.15, 0.2) is 11.4 Å². The van der Waals surface area contributed by atoms with Gasteiger partial charge in [-0.25, -0.2) is 0 Å². The van der Waals surface area contributed by atoms with Crippen LogP contribution in [0, 0.1) is 0 Å². The molecule has 1 aromatic rings. The average Bonchev–Trinajstić information content (AvgIpc) is 2.50. The van der Waals surface area contributed by atoms with Crippen molar-refractivity contribution in [3.8, 4) is 0 Å². The van der Waals surface area contributed by atoms with E-state index in [4.69, 9.17) is 0 Å². The molecule has 5 heteroatoms. The van der Waals surface area contributed by atoms with Gasteiger partial charge in [0.05, 0.1) is 6.54 Å². The standard InChI is InChI=1S/C9H12F3NS/c1-2-8-3-7(5-14-8)4-13-6-9(10,11)12/h3,5,13H,2,4,6H2,1H3. The van der Waals surface area contributed by atoms with Crippen molar-refractivity contribution >= 4 is 11.3 Å². The number of thiophene rings is 1. The van der Waals surface area contributed by atoms with E-state index in [9.17, 15) is 13.2 Å². The first-order valence-electron chi connectivity index (χ1n) is 4.35. The predicted molar refractivity (Wildman–Crippen MR) is 51.5 cm³/mol. The molecular formula is C9H12F3NS. The van der Waals surface area contributed by atoms with E-state index < -0.39 is 12.7 Å². The maximum atomic E-state index is 11.8. The lowest BCUT2D eigenvalue weighted by Crippen LogP contribution is -2.28. The van der Waals surface area contributed by atoms with Crippen LogP contribution in [0.5, 0.6) is 0 Å². The summed E-state index contributed by atoms with van der Waals surface area (Å²) >= 11 is 1.59. The van der Waals surface area contributed by atoms with Crippen LogP contribution in [0.2, 0.25) is 0 Å². The second kappa shape index (κ2) is 4.79. The van der Waals surface area contributed by atoms with E-state index in [1.54, 1.807) is 11.3 Å². The maximum absolute atomic E-state index is 11.8. The van der Waals surface area contributed by atoms with Crippen LogP contribution in [0.4, 0.5) is 13.2 Å². The zero-order valence-electron chi connectivity index (χ0n) is 7.82. The predicted octanol–water partition coefficient (Wildman–Crippen LogP) is 2.96. The second-order valence-electron chi connectivity index (χ2n) is 2.99. The van der Waals surface area contributed by atoms with Gasteiger partial charge in [0.2, 0.25) is 0 Å². The molecule has 0 aromatic carbocycles. The van der Waals surface area contributed by atoms with Crippen molar-refractivity contribution in [1.82, 2.24) is 5.32 Å². The first kappa shape index (κ1) is 11.5. The van der Waals surface area contributed by atoms with Crippen molar-refractivity contribution in [2.24, 2.45) is 0 Å². The molecule has 0 aliphatic heterocycles. The van der Waals surface area contributed by atoms with Gasteiger partial charge < -0.3 is 5.32 Å². The van der Waals surface area contributed by atoms with E-state index >= 15 is 0 Å². The third kappa shape index (κ3) is 4.11. The Kier molecular flexibility index (Phi) is 3.95. The third-order valence-corrected chi connectivity index (χ3v) is 2.84. The Labute approximate surface area is 84.9 Å². The number of rotatable bonds is 4. The molecule has 0 fully saturated rings. The molecule has 0 saturated carbocycles. The molecule has 0 atom stereocenters. The molecule has 1 N–H and O–H groups in total. The summed E-state index contributed by atoms with van der Waals surface area (Å²) in [5, 5.41) is 4.25. The molecule has 0 radical (unpaired) electrons. The van der Waals surface area contributed by atoms with Crippen LogP contribution >= 0.6 is 11.3 Å². The highest BCUT2D eigenvalue weighted by Gasteiger charge is 2.25. The molecule has 0 aliphatic carbocycles. The lowest BCUT2D eigenvalue weighted by Gasteiger charge is -2.06. The van der Waals surface area contributed by atoms with Crippen molar-refractivity contribution in [3.05, 3.63) is 21.9 Å². The Balaban J connectivity index is 2.31. The molecule has 0 spiro atoms. The molecule has 14 heavy (non-hydrogen) atoms. The molecule has 0 amide bonds. The van der Waals surface area contributed by atoms with Gasteiger partial charge in [0.25, 0.3) is 0 Å². The zero-order valence-corrected chi connectivity index (χ0v) is 8.63. The fraction of sp³-hybridized carbons (Fsp3) is 0.556. The van der Waals surface area contributed by atoms with Gasteiger partial charge in [0.1, 0.15) is 0 Å². The topological polar surface area (TPSA) is 12.0 Å². The van der Waals surface area contributed by atoms with Crippen LogP contribution < -0.4 is 5.32 Å². The monoisotopic (exact) mass is 223 g/mol. The van der Waals surface area contributed by atoms with Gasteiger partial charge in [-0.2, -0.15) is 13.2 Å². The Morgan fingerprint density at radius 3 is 2.64 bits per heavy atom. The van der Waals surface area contributed by atoms with Crippen LogP contribution in [0.25, 0.3) is 0 Å². The molecule has 0 bridgehead atoms. The largest absolute Gasteiger partial charge is 0.401 e. The highest BCUT2D eigenvalue weighted by Crippen LogP contribution is 2.16. The summed E-state index contributed by atoms with van der Waals surface area (Å²) in [5.74, 6) is 0. The van der Waals surface area contributed by atoms with Crippen LogP contribution in [-0.4, -0.2) is 12.7 Å². The summed E-state index contributed by atoms with van der Waals surface area (Å²) in [6.07, 6.45) is -3.19. The first-order chi connectivity index (χ1) is 6.51. The van der Waals surface area contributed by atoms with Crippen molar-refractivity contribution in [2.75, 3.05) is 6.54 Å². The van der Waals surface area contributed by atoms with Gasteiger partial charge >= 0.3 is 6.18 Å². The van der Waals surface area contributed by atoms with Gasteiger partial charge in [0.15, 0.2) is 0 Å². The normalized spacial score (nSPS) is 12.0. The quantitative estimate of drug-likeness (QED) is 0.827. The Morgan fingerprint density at radius 1 is 1.43 bits per heavy atom. The minimum atomic E-state index is -4.12. The summed E-state index contributed by atoms with van der Waals surface area (Å²) in [6, 6.07) is 1.94. The number of hydrogen-bond acceptors (Lipinski definition) is 2. The van der Waals surface area contributed by atoms with E-state index in [1.807, 2.05) is 18.4 Å². The number of nitrogens with one attached hydrogen (secondary N) is 1. The Bertz CT molecular complexity index is 280. The third-order valence-electron chi connectivity index (χ3n) is 1.71. The van der Waals surface area contributed by atoms with Crippen LogP contribution in [-0.2, 0) is 13.0 Å². The van der Waals surface area contributed by atoms with Crippen LogP contribution in [0.1, 0.15) is 17.4 Å². The van der Waals surface area contributed by atoms with Crippen molar-refractivity contribution in [2.45, 2.75) is 26.1 Å². The summed E-state index contributed by atoms with van der Waals surface area (Å²) in [4.78, 5) is 1.20. The number of halogens is 3. The molecule has 1 rings (SSSR count). The minimum absolute atomic E-state index is 0.288. The smallest absolute Gasteiger partial charge is 0.305 e. The van der Waals surface area contributed by atoms with E-state index in [1.165, 1.54) is 4.88 Å². The highest BCUT2D eigenvalue weighted by atomic mass is 32.1. The summed E-state index contributed by atoms with van der Waals surface area (Å²) in [5.41, 5.74) is 0.927. The lowest BCUT2D eigenvalue weighted by molar-refractivity contribution is -0.125. The molecule has 0 saturated heterocycles. The fourth-order valence-electron chi connectivity index (χ4n) is 1.05. The van der Waals surface area contributed by atoms with E-state index in [-0.39, 0.29) is 6.54 Å². The van der Waals surface area contributed by atoms with Gasteiger partial charge in [0, 0.05) is 11.4 Å². The van der Waals surface area contributed by atoms with E-state index in [0.717, 1.165) is 12.0 Å². The molecule has 80 valence electrons. The molecule has 1 nitrogen and oxygen atoms in total. The Hall–Kier alpha value is -0.550. The molecule has 1 heterocycles. The first-order valence-corrected chi connectivity index (χ1v) is 5.23. The van der Waals surface area contributed by atoms with Crippen molar-refractivity contribution in [1.29, 1.82) is 0 Å². The van der Waals surface area contributed by atoms with Gasteiger partial charge in [-0.05, 0) is 23.4 Å². The summed E-state index contributed by atoms with van der Waals surface area (Å²) in [6.45, 7) is 1.39.